The maximum atomic E-state index is 13.8. The van der Waals surface area contributed by atoms with Crippen molar-refractivity contribution < 1.29 is 57.8 Å². The first-order valence-corrected chi connectivity index (χ1v) is 21.9. The van der Waals surface area contributed by atoms with Crippen molar-refractivity contribution in [2.45, 2.75) is 83.3 Å². The molecule has 64 heavy (non-hydrogen) atoms. The highest BCUT2D eigenvalue weighted by Crippen LogP contribution is 2.32. The van der Waals surface area contributed by atoms with Gasteiger partial charge in [0, 0.05) is 88.9 Å². The molecule has 21 heteroatoms. The summed E-state index contributed by atoms with van der Waals surface area (Å²) in [6, 6.07) is 7.51. The van der Waals surface area contributed by atoms with Gasteiger partial charge < -0.3 is 30.1 Å². The summed E-state index contributed by atoms with van der Waals surface area (Å²) in [5, 5.41) is 38.3. The maximum absolute atomic E-state index is 13.8. The average molecular weight is 904 g/mol. The molecule has 2 bridgehead atoms. The van der Waals surface area contributed by atoms with Crippen molar-refractivity contribution in [2.75, 3.05) is 98.4 Å². The maximum Gasteiger partial charge on any atom is 0.317 e. The molecule has 3 atom stereocenters. The van der Waals surface area contributed by atoms with Crippen LogP contribution >= 0.6 is 0 Å². The molecule has 0 spiro atoms. The number of carboxylic acid groups (broad SMARTS) is 2. The number of amides is 3. The predicted molar refractivity (Wildman–Crippen MR) is 230 cm³/mol. The van der Waals surface area contributed by atoms with Crippen molar-refractivity contribution in [1.82, 2.24) is 39.7 Å². The third kappa shape index (κ3) is 15.6. The van der Waals surface area contributed by atoms with Gasteiger partial charge in [-0.05, 0) is 56.5 Å². The van der Waals surface area contributed by atoms with Crippen LogP contribution < -0.4 is 10.1 Å². The molecule has 5 rings (SSSR count). The number of carboxylic acids is 2. The van der Waals surface area contributed by atoms with E-state index in [2.05, 4.69) is 25.0 Å². The van der Waals surface area contributed by atoms with Gasteiger partial charge in [0.1, 0.15) is 18.5 Å². The van der Waals surface area contributed by atoms with Gasteiger partial charge in [0.15, 0.2) is 0 Å². The Morgan fingerprint density at radius 2 is 1.58 bits per heavy atom. The van der Waals surface area contributed by atoms with Crippen LogP contribution in [0.25, 0.3) is 10.9 Å². The summed E-state index contributed by atoms with van der Waals surface area (Å²) in [5.74, 6) is -5.56. The number of piperazine rings is 1. The number of fused-ring (bicyclic) bond motifs is 3. The number of benzene rings is 1. The molecule has 3 aliphatic rings. The SMILES string of the molecule is CCC(=O)O.CCCN(CCN(CCN(CCC)CC(=O)O)CC(=O)N1CC2CC1CN2CCCOc1ccc2nccc(C(=O)NCC(=O)N3CC(F)(F)CC3C#N)c2c1)COO. The minimum absolute atomic E-state index is 0.0514. The molecule has 0 saturated carbocycles. The lowest BCUT2D eigenvalue weighted by Gasteiger charge is -2.36. The Morgan fingerprint density at radius 3 is 2.19 bits per heavy atom. The molecule has 4 heterocycles. The number of carbonyl (C=O) groups excluding carboxylic acids is 3. The number of hydrogen-bond acceptors (Lipinski definition) is 14. The Balaban J connectivity index is 0.00000170. The van der Waals surface area contributed by atoms with E-state index in [-0.39, 0.29) is 49.8 Å². The number of rotatable bonds is 25. The van der Waals surface area contributed by atoms with Crippen LogP contribution in [-0.2, 0) is 24.1 Å². The van der Waals surface area contributed by atoms with Crippen LogP contribution in [0.15, 0.2) is 30.5 Å². The standard InChI is InChI=1S/C40H57F2N9O8.C3H6O2/c1-3-10-46(26-38(54)55)13-14-47(15-16-48(11-4-2)28-59-57)25-37(53)50-24-29-18-30(50)23-49(29)12-5-17-58-32-6-7-35-34(19-32)33(8-9-44-35)39(56)45-22-36(52)51-27-40(41,42)20-31(51)21-43;1-2-3(4)5/h6-9,19,29-31,57H,3-5,10-18,20,22-28H2,1-2H3,(H,45,56)(H,54,55);2H2,1H3,(H,4,5). The van der Waals surface area contributed by atoms with Crippen LogP contribution in [-0.4, -0.2) is 202 Å². The highest BCUT2D eigenvalue weighted by atomic mass is 19.3. The Kier molecular flexibility index (Phi) is 20.4. The number of halogens is 2. The largest absolute Gasteiger partial charge is 0.494 e. The third-order valence-corrected chi connectivity index (χ3v) is 11.4. The van der Waals surface area contributed by atoms with E-state index < -0.39 is 55.2 Å². The monoisotopic (exact) mass is 903 g/mol. The van der Waals surface area contributed by atoms with E-state index in [0.29, 0.717) is 62.5 Å². The van der Waals surface area contributed by atoms with Crippen LogP contribution in [0.5, 0.6) is 5.75 Å². The molecule has 3 fully saturated rings. The molecule has 1 aromatic heterocycles. The second kappa shape index (κ2) is 25.4. The lowest BCUT2D eigenvalue weighted by molar-refractivity contribution is -0.269. The van der Waals surface area contributed by atoms with Gasteiger partial charge in [-0.25, -0.2) is 13.7 Å². The van der Waals surface area contributed by atoms with Gasteiger partial charge in [-0.3, -0.25) is 53.8 Å². The van der Waals surface area contributed by atoms with Crippen molar-refractivity contribution in [3.8, 4) is 11.8 Å². The zero-order valence-electron chi connectivity index (χ0n) is 37.0. The topological polar surface area (TPSA) is 233 Å². The van der Waals surface area contributed by atoms with E-state index >= 15 is 0 Å². The molecule has 3 saturated heterocycles. The van der Waals surface area contributed by atoms with E-state index in [1.165, 1.54) is 12.3 Å². The number of aliphatic carboxylic acids is 2. The van der Waals surface area contributed by atoms with Crippen molar-refractivity contribution in [1.29, 1.82) is 5.26 Å². The van der Waals surface area contributed by atoms with E-state index in [1.54, 1.807) is 31.2 Å². The molecular formula is C43H63F2N9O10. The molecule has 3 amide bonds. The van der Waals surface area contributed by atoms with Crippen LogP contribution in [0, 0.1) is 11.3 Å². The van der Waals surface area contributed by atoms with Gasteiger partial charge in [-0.1, -0.05) is 20.8 Å². The van der Waals surface area contributed by atoms with E-state index in [0.717, 1.165) is 50.2 Å². The number of pyridine rings is 1. The predicted octanol–water partition coefficient (Wildman–Crippen LogP) is 2.52. The van der Waals surface area contributed by atoms with Crippen LogP contribution in [0.3, 0.4) is 0 Å². The molecular weight excluding hydrogens is 841 g/mol. The van der Waals surface area contributed by atoms with Crippen molar-refractivity contribution >= 4 is 40.6 Å². The van der Waals surface area contributed by atoms with Crippen molar-refractivity contribution in [3.05, 3.63) is 36.0 Å². The van der Waals surface area contributed by atoms with E-state index in [9.17, 15) is 43.1 Å². The fraction of sp³-hybridized carbons (Fsp3) is 0.651. The number of nitrogens with zero attached hydrogens (tertiary/aromatic N) is 8. The summed E-state index contributed by atoms with van der Waals surface area (Å²) in [6.45, 7) is 10.6. The molecule has 0 radical (unpaired) electrons. The summed E-state index contributed by atoms with van der Waals surface area (Å²) in [5.41, 5.74) is 0.764. The number of carbonyl (C=O) groups is 5. The lowest BCUT2D eigenvalue weighted by Crippen LogP contribution is -2.52. The van der Waals surface area contributed by atoms with Crippen LogP contribution in [0.4, 0.5) is 8.78 Å². The van der Waals surface area contributed by atoms with Crippen LogP contribution in [0.1, 0.15) is 69.7 Å². The molecule has 0 aliphatic carbocycles. The number of nitriles is 1. The van der Waals surface area contributed by atoms with Crippen molar-refractivity contribution in [3.63, 3.8) is 0 Å². The fourth-order valence-electron chi connectivity index (χ4n) is 8.28. The normalized spacial score (nSPS) is 19.0. The van der Waals surface area contributed by atoms with E-state index in [4.69, 9.17) is 15.1 Å². The zero-order valence-corrected chi connectivity index (χ0v) is 37.0. The Hall–Kier alpha value is -5.11. The van der Waals surface area contributed by atoms with Gasteiger partial charge in [0.25, 0.3) is 11.8 Å². The van der Waals surface area contributed by atoms with Gasteiger partial charge in [0.2, 0.25) is 11.8 Å². The average Bonchev–Trinajstić information content (AvgIpc) is 3.97. The van der Waals surface area contributed by atoms with Crippen molar-refractivity contribution in [2.24, 2.45) is 0 Å². The Labute approximate surface area is 372 Å². The molecule has 1 aromatic carbocycles. The molecule has 2 aromatic rings. The molecule has 3 aliphatic heterocycles. The lowest BCUT2D eigenvalue weighted by atomic mass is 10.1. The number of alkyl halides is 2. The molecule has 3 unspecified atom stereocenters. The Morgan fingerprint density at radius 1 is 0.906 bits per heavy atom. The first kappa shape index (κ1) is 51.5. The Bertz CT molecular complexity index is 1920. The number of ether oxygens (including phenoxy) is 1. The number of likely N-dealkylation sites (tertiary alicyclic amines) is 3. The quantitative estimate of drug-likeness (QED) is 0.0485. The minimum atomic E-state index is -3.15. The summed E-state index contributed by atoms with van der Waals surface area (Å²) >= 11 is 0. The van der Waals surface area contributed by atoms with Gasteiger partial charge in [-0.2, -0.15) is 5.26 Å². The first-order chi connectivity index (χ1) is 30.6. The summed E-state index contributed by atoms with van der Waals surface area (Å²) < 4.78 is 33.7. The smallest absolute Gasteiger partial charge is 0.317 e. The number of hydrogen-bond donors (Lipinski definition) is 4. The highest BCUT2D eigenvalue weighted by molar-refractivity contribution is 6.07. The molecule has 354 valence electrons. The third-order valence-electron chi connectivity index (χ3n) is 11.4. The first-order valence-electron chi connectivity index (χ1n) is 21.9. The van der Waals surface area contributed by atoms with Gasteiger partial charge in [0.05, 0.1) is 49.9 Å². The summed E-state index contributed by atoms with van der Waals surface area (Å²) in [6.07, 6.45) is 4.27. The highest BCUT2D eigenvalue weighted by Gasteiger charge is 2.47. The fourth-order valence-corrected chi connectivity index (χ4v) is 8.28. The number of aromatic nitrogens is 1. The number of nitrogens with one attached hydrogen (secondary N) is 1. The van der Waals surface area contributed by atoms with E-state index in [1.807, 2.05) is 28.5 Å². The minimum Gasteiger partial charge on any atom is -0.494 e. The summed E-state index contributed by atoms with van der Waals surface area (Å²) in [4.78, 5) is 80.1. The van der Waals surface area contributed by atoms with Gasteiger partial charge >= 0.3 is 11.9 Å². The molecule has 19 nitrogen and oxygen atoms in total. The summed E-state index contributed by atoms with van der Waals surface area (Å²) in [7, 11) is 0. The second-order valence-electron chi connectivity index (χ2n) is 16.3. The molecule has 4 N–H and O–H groups in total. The van der Waals surface area contributed by atoms with Crippen LogP contribution in [0.2, 0.25) is 0 Å². The zero-order chi connectivity index (χ0) is 46.8. The van der Waals surface area contributed by atoms with Gasteiger partial charge in [-0.15, -0.1) is 0 Å². The second-order valence-corrected chi connectivity index (χ2v) is 16.3.